The maximum Gasteiger partial charge on any atom is 0.326 e. The van der Waals surface area contributed by atoms with Crippen LogP contribution in [0.4, 0.5) is 0 Å². The molecular formula is C22H36N6O5S. The molecule has 0 bridgehead atoms. The van der Waals surface area contributed by atoms with E-state index in [1.165, 1.54) is 29.2 Å². The minimum Gasteiger partial charge on any atom is -0.480 e. The van der Waals surface area contributed by atoms with Gasteiger partial charge in [-0.1, -0.05) is 13.8 Å². The van der Waals surface area contributed by atoms with Gasteiger partial charge in [-0.2, -0.15) is 11.8 Å². The third-order valence-corrected chi connectivity index (χ3v) is 6.36. The number of aliphatic carboxylic acids is 1. The van der Waals surface area contributed by atoms with Crippen LogP contribution in [0.5, 0.6) is 0 Å². The first-order valence-corrected chi connectivity index (χ1v) is 12.9. The highest BCUT2D eigenvalue weighted by molar-refractivity contribution is 7.98. The molecule has 4 unspecified atom stereocenters. The second-order valence-corrected chi connectivity index (χ2v) is 9.93. The van der Waals surface area contributed by atoms with Gasteiger partial charge in [-0.3, -0.25) is 14.4 Å². The van der Waals surface area contributed by atoms with Crippen molar-refractivity contribution in [3.8, 4) is 0 Å². The van der Waals surface area contributed by atoms with Crippen molar-refractivity contribution in [2.75, 3.05) is 18.6 Å². The maximum atomic E-state index is 13.1. The smallest absolute Gasteiger partial charge is 0.326 e. The Hall–Kier alpha value is -2.60. The van der Waals surface area contributed by atoms with Gasteiger partial charge in [0.2, 0.25) is 17.7 Å². The van der Waals surface area contributed by atoms with Gasteiger partial charge in [0.1, 0.15) is 18.1 Å². The van der Waals surface area contributed by atoms with E-state index in [1.54, 1.807) is 0 Å². The van der Waals surface area contributed by atoms with E-state index in [4.69, 9.17) is 5.73 Å². The molecule has 1 aliphatic heterocycles. The molecule has 0 aromatic carbocycles. The van der Waals surface area contributed by atoms with Crippen LogP contribution in [0.1, 0.15) is 45.2 Å². The fourth-order valence-electron chi connectivity index (χ4n) is 3.99. The summed E-state index contributed by atoms with van der Waals surface area (Å²) in [6, 6.07) is -3.48. The maximum absolute atomic E-state index is 13.1. The molecule has 2 rings (SSSR count). The molecule has 1 fully saturated rings. The average molecular weight is 497 g/mol. The van der Waals surface area contributed by atoms with Crippen molar-refractivity contribution in [1.29, 1.82) is 0 Å². The Morgan fingerprint density at radius 2 is 2.03 bits per heavy atom. The highest BCUT2D eigenvalue weighted by Crippen LogP contribution is 2.20. The van der Waals surface area contributed by atoms with Gasteiger partial charge in [0.25, 0.3) is 0 Å². The second-order valence-electron chi connectivity index (χ2n) is 8.95. The van der Waals surface area contributed by atoms with Crippen LogP contribution >= 0.6 is 11.8 Å². The minimum absolute atomic E-state index is 0.0307. The van der Waals surface area contributed by atoms with Crippen LogP contribution in [-0.4, -0.2) is 86.4 Å². The Bertz CT molecular complexity index is 834. The number of imidazole rings is 1. The summed E-state index contributed by atoms with van der Waals surface area (Å²) < 4.78 is 0. The van der Waals surface area contributed by atoms with Gasteiger partial charge in [-0.05, 0) is 43.6 Å². The van der Waals surface area contributed by atoms with Gasteiger partial charge < -0.3 is 31.4 Å². The predicted octanol–water partition coefficient (Wildman–Crippen LogP) is 0.124. The Balaban J connectivity index is 2.07. The number of carbonyl (C=O) groups excluding carboxylic acids is 3. The number of rotatable bonds is 13. The van der Waals surface area contributed by atoms with E-state index in [0.29, 0.717) is 43.7 Å². The summed E-state index contributed by atoms with van der Waals surface area (Å²) >= 11 is 1.51. The molecule has 1 aromatic heterocycles. The van der Waals surface area contributed by atoms with Crippen LogP contribution < -0.4 is 16.4 Å². The zero-order valence-electron chi connectivity index (χ0n) is 20.0. The van der Waals surface area contributed by atoms with Gasteiger partial charge in [0.15, 0.2) is 0 Å². The highest BCUT2D eigenvalue weighted by atomic mass is 32.2. The number of nitrogens with zero attached hydrogens (tertiary/aromatic N) is 2. The van der Waals surface area contributed by atoms with Crippen molar-refractivity contribution in [3.63, 3.8) is 0 Å². The summed E-state index contributed by atoms with van der Waals surface area (Å²) in [4.78, 5) is 58.8. The van der Waals surface area contributed by atoms with E-state index in [0.717, 1.165) is 0 Å². The van der Waals surface area contributed by atoms with E-state index in [2.05, 4.69) is 20.6 Å². The molecule has 6 N–H and O–H groups in total. The SMILES string of the molecule is CSCCC(NC(=O)C1CCCN1C(=O)C(N)CC(C)C)C(=O)NC(Cc1cnc[nH]1)C(=O)O. The van der Waals surface area contributed by atoms with Crippen molar-refractivity contribution >= 4 is 35.5 Å². The van der Waals surface area contributed by atoms with Crippen LogP contribution in [0, 0.1) is 5.92 Å². The number of nitrogens with two attached hydrogens (primary N) is 1. The summed E-state index contributed by atoms with van der Waals surface area (Å²) in [7, 11) is 0. The zero-order chi connectivity index (χ0) is 25.3. The average Bonchev–Trinajstić information content (AvgIpc) is 3.46. The minimum atomic E-state index is -1.19. The van der Waals surface area contributed by atoms with E-state index in [-0.39, 0.29) is 18.2 Å². The number of nitrogens with one attached hydrogen (secondary N) is 3. The Morgan fingerprint density at radius 3 is 2.62 bits per heavy atom. The molecule has 0 saturated carbocycles. The summed E-state index contributed by atoms with van der Waals surface area (Å²) in [6.45, 7) is 4.40. The summed E-state index contributed by atoms with van der Waals surface area (Å²) in [5, 5.41) is 14.8. The molecule has 0 radical (unpaired) electrons. The predicted molar refractivity (Wildman–Crippen MR) is 129 cm³/mol. The Labute approximate surface area is 204 Å². The number of thioether (sulfide) groups is 1. The van der Waals surface area contributed by atoms with Crippen LogP contribution in [0.15, 0.2) is 12.5 Å². The molecule has 1 saturated heterocycles. The molecule has 0 aliphatic carbocycles. The largest absolute Gasteiger partial charge is 0.480 e. The van der Waals surface area contributed by atoms with Crippen LogP contribution in [-0.2, 0) is 25.6 Å². The van der Waals surface area contributed by atoms with Crippen molar-refractivity contribution in [2.45, 2.75) is 70.1 Å². The number of hydrogen-bond acceptors (Lipinski definition) is 7. The molecule has 0 spiro atoms. The van der Waals surface area contributed by atoms with Crippen molar-refractivity contribution < 1.29 is 24.3 Å². The number of hydrogen-bond donors (Lipinski definition) is 5. The van der Waals surface area contributed by atoms with Gasteiger partial charge >= 0.3 is 5.97 Å². The van der Waals surface area contributed by atoms with Gasteiger partial charge in [-0.15, -0.1) is 0 Å². The molecule has 4 atom stereocenters. The van der Waals surface area contributed by atoms with E-state index >= 15 is 0 Å². The van der Waals surface area contributed by atoms with Crippen molar-refractivity contribution in [2.24, 2.45) is 11.7 Å². The molecule has 1 aromatic rings. The Kier molecular flexibility index (Phi) is 10.8. The van der Waals surface area contributed by atoms with Crippen LogP contribution in [0.3, 0.4) is 0 Å². The van der Waals surface area contributed by atoms with E-state index < -0.39 is 42.0 Å². The topological polar surface area (TPSA) is 171 Å². The fraction of sp³-hybridized carbons (Fsp3) is 0.682. The van der Waals surface area contributed by atoms with Crippen molar-refractivity contribution in [3.05, 3.63) is 18.2 Å². The van der Waals surface area contributed by atoms with Gasteiger partial charge in [0, 0.05) is 24.9 Å². The lowest BCUT2D eigenvalue weighted by Crippen LogP contribution is -2.57. The molecule has 12 heteroatoms. The van der Waals surface area contributed by atoms with Gasteiger partial charge in [-0.25, -0.2) is 9.78 Å². The summed E-state index contributed by atoms with van der Waals surface area (Å²) in [6.07, 6.45) is 6.83. The monoisotopic (exact) mass is 496 g/mol. The second kappa shape index (κ2) is 13.3. The summed E-state index contributed by atoms with van der Waals surface area (Å²) in [5.41, 5.74) is 6.63. The van der Waals surface area contributed by atoms with E-state index in [9.17, 15) is 24.3 Å². The molecule has 11 nitrogen and oxygen atoms in total. The third kappa shape index (κ3) is 8.01. The molecule has 34 heavy (non-hydrogen) atoms. The molecule has 190 valence electrons. The first-order chi connectivity index (χ1) is 16.1. The number of likely N-dealkylation sites (tertiary alicyclic amines) is 1. The van der Waals surface area contributed by atoms with Crippen LogP contribution in [0.25, 0.3) is 0 Å². The molecule has 1 aliphatic rings. The molecule has 2 heterocycles. The first-order valence-electron chi connectivity index (χ1n) is 11.5. The van der Waals surface area contributed by atoms with Crippen LogP contribution in [0.2, 0.25) is 0 Å². The van der Waals surface area contributed by atoms with Gasteiger partial charge in [0.05, 0.1) is 12.4 Å². The summed E-state index contributed by atoms with van der Waals surface area (Å²) in [5.74, 6) is -1.63. The number of aromatic amines is 1. The first kappa shape index (κ1) is 27.6. The number of H-pyrrole nitrogens is 1. The number of carboxylic acid groups (broad SMARTS) is 1. The number of carboxylic acids is 1. The number of aromatic nitrogens is 2. The normalized spacial score (nSPS) is 18.4. The molecule has 3 amide bonds. The standard InChI is InChI=1S/C22H36N6O5S/c1-13(2)9-15(23)21(31)28-7-4-5-18(28)20(30)26-16(6-8-34-3)19(29)27-17(22(32)33)10-14-11-24-12-25-14/h11-13,15-18H,4-10,23H2,1-3H3,(H,24,25)(H,26,30)(H,27,29)(H,32,33). The highest BCUT2D eigenvalue weighted by Gasteiger charge is 2.38. The molecular weight excluding hydrogens is 460 g/mol. The lowest BCUT2D eigenvalue weighted by atomic mass is 10.0. The zero-order valence-corrected chi connectivity index (χ0v) is 20.8. The van der Waals surface area contributed by atoms with E-state index in [1.807, 2.05) is 20.1 Å². The lowest BCUT2D eigenvalue weighted by Gasteiger charge is -2.29. The quantitative estimate of drug-likeness (QED) is 0.256. The van der Waals surface area contributed by atoms with Crippen molar-refractivity contribution in [1.82, 2.24) is 25.5 Å². The lowest BCUT2D eigenvalue weighted by molar-refractivity contribution is -0.143. The fourth-order valence-corrected chi connectivity index (χ4v) is 4.46. The number of carbonyl (C=O) groups is 4. The number of amides is 3. The third-order valence-electron chi connectivity index (χ3n) is 5.72. The Morgan fingerprint density at radius 1 is 1.29 bits per heavy atom.